The topological polar surface area (TPSA) is 72.2 Å². The molecule has 4 aromatic rings. The zero-order valence-electron chi connectivity index (χ0n) is 13.1. The minimum atomic E-state index is -3.82. The molecule has 0 amide bonds. The molecule has 0 aliphatic rings. The van der Waals surface area contributed by atoms with Gasteiger partial charge in [0, 0.05) is 17.3 Å². The molecule has 0 saturated heterocycles. The van der Waals surface area contributed by atoms with Crippen LogP contribution in [-0.4, -0.2) is 13.6 Å². The molecule has 0 spiro atoms. The molecule has 0 atom stereocenters. The quantitative estimate of drug-likeness (QED) is 0.596. The Hall–Kier alpha value is -3.12. The largest absolute Gasteiger partial charge is 0.342 e. The van der Waals surface area contributed by atoms with Crippen molar-refractivity contribution >= 4 is 26.5 Å². The summed E-state index contributed by atoms with van der Waals surface area (Å²) in [7, 11) is -3.82. The second-order valence-corrected chi connectivity index (χ2v) is 7.18. The molecular weight excluding hydrogens is 336 g/mol. The lowest BCUT2D eigenvalue weighted by molar-refractivity contribution is 0.341. The smallest absolute Gasteiger partial charge is 0.298 e. The van der Waals surface area contributed by atoms with Crippen molar-refractivity contribution in [3.05, 3.63) is 78.9 Å². The van der Waals surface area contributed by atoms with E-state index in [-0.39, 0.29) is 5.09 Å². The number of fused-ring (bicyclic) bond motifs is 1. The minimum absolute atomic E-state index is 0.223. The maximum atomic E-state index is 12.4. The average Bonchev–Trinajstić information content (AvgIpc) is 3.13. The van der Waals surface area contributed by atoms with Crippen molar-refractivity contribution < 1.29 is 12.9 Å². The van der Waals surface area contributed by atoms with Crippen molar-refractivity contribution in [3.8, 4) is 11.3 Å². The molecule has 0 saturated carbocycles. The highest BCUT2D eigenvalue weighted by Gasteiger charge is 2.21. The van der Waals surface area contributed by atoms with Gasteiger partial charge in [-0.3, -0.25) is 4.72 Å². The van der Waals surface area contributed by atoms with E-state index in [1.54, 1.807) is 24.3 Å². The number of sulfonamides is 1. The molecule has 3 aromatic carbocycles. The van der Waals surface area contributed by atoms with Gasteiger partial charge in [-0.2, -0.15) is 8.42 Å². The number of hydrogen-bond donors (Lipinski definition) is 1. The number of hydrogen-bond acceptors (Lipinski definition) is 4. The third-order valence-electron chi connectivity index (χ3n) is 3.82. The molecule has 4 rings (SSSR count). The summed E-state index contributed by atoms with van der Waals surface area (Å²) >= 11 is 0. The van der Waals surface area contributed by atoms with Gasteiger partial charge in [-0.15, -0.1) is 0 Å². The van der Waals surface area contributed by atoms with Crippen molar-refractivity contribution in [2.75, 3.05) is 4.72 Å². The second-order valence-electron chi connectivity index (χ2n) is 5.56. The van der Waals surface area contributed by atoms with Crippen LogP contribution in [0.5, 0.6) is 0 Å². The zero-order valence-corrected chi connectivity index (χ0v) is 13.9. The predicted octanol–water partition coefficient (Wildman–Crippen LogP) is 4.30. The fourth-order valence-electron chi connectivity index (χ4n) is 2.58. The molecule has 1 aromatic heterocycles. The first kappa shape index (κ1) is 15.4. The number of nitrogens with one attached hydrogen (secondary N) is 1. The van der Waals surface area contributed by atoms with Gasteiger partial charge < -0.3 is 4.52 Å². The standard InChI is InChI=1S/C19H14N2O3S/c22-25(23,21-17-8-2-1-3-9-17)19-13-18(20-24-19)16-11-10-14-6-4-5-7-15(14)12-16/h1-13,21H. The van der Waals surface area contributed by atoms with Crippen LogP contribution in [0.4, 0.5) is 5.69 Å². The van der Waals surface area contributed by atoms with E-state index in [4.69, 9.17) is 4.52 Å². The first-order valence-corrected chi connectivity index (χ1v) is 9.14. The fraction of sp³-hybridized carbons (Fsp3) is 0. The van der Waals surface area contributed by atoms with E-state index in [2.05, 4.69) is 9.88 Å². The van der Waals surface area contributed by atoms with Gasteiger partial charge in [0.2, 0.25) is 0 Å². The predicted molar refractivity (Wildman–Crippen MR) is 96.7 cm³/mol. The summed E-state index contributed by atoms with van der Waals surface area (Å²) in [5, 5.41) is 5.84. The van der Waals surface area contributed by atoms with Crippen molar-refractivity contribution in [3.63, 3.8) is 0 Å². The van der Waals surface area contributed by atoms with Gasteiger partial charge >= 0.3 is 0 Å². The van der Waals surface area contributed by atoms with Crippen molar-refractivity contribution in [2.24, 2.45) is 0 Å². The van der Waals surface area contributed by atoms with Crippen LogP contribution in [0, 0.1) is 0 Å². The minimum Gasteiger partial charge on any atom is -0.342 e. The lowest BCUT2D eigenvalue weighted by Crippen LogP contribution is -2.11. The SMILES string of the molecule is O=S(=O)(Nc1ccccc1)c1cc(-c2ccc3ccccc3c2)no1. The van der Waals surface area contributed by atoms with Crippen LogP contribution in [0.2, 0.25) is 0 Å². The monoisotopic (exact) mass is 350 g/mol. The van der Waals surface area contributed by atoms with Crippen LogP contribution in [0.15, 0.2) is 88.5 Å². The molecule has 6 heteroatoms. The zero-order chi connectivity index (χ0) is 17.3. The van der Waals surface area contributed by atoms with Crippen molar-refractivity contribution in [1.29, 1.82) is 0 Å². The molecule has 0 aliphatic heterocycles. The number of rotatable bonds is 4. The fourth-order valence-corrected chi connectivity index (χ4v) is 3.53. The van der Waals surface area contributed by atoms with Gasteiger partial charge in [-0.1, -0.05) is 59.8 Å². The van der Waals surface area contributed by atoms with Crippen LogP contribution in [0.25, 0.3) is 22.0 Å². The third kappa shape index (κ3) is 3.12. The number of anilines is 1. The Morgan fingerprint density at radius 1 is 0.800 bits per heavy atom. The Morgan fingerprint density at radius 3 is 2.32 bits per heavy atom. The van der Waals surface area contributed by atoms with Crippen molar-refractivity contribution in [2.45, 2.75) is 5.09 Å². The Kier molecular flexibility index (Phi) is 3.74. The van der Waals surface area contributed by atoms with Gasteiger partial charge in [-0.05, 0) is 29.0 Å². The maximum absolute atomic E-state index is 12.4. The summed E-state index contributed by atoms with van der Waals surface area (Å²) in [4.78, 5) is 0. The second kappa shape index (κ2) is 6.07. The lowest BCUT2D eigenvalue weighted by atomic mass is 10.1. The van der Waals surface area contributed by atoms with E-state index in [1.807, 2.05) is 48.5 Å². The average molecular weight is 350 g/mol. The van der Waals surface area contributed by atoms with E-state index in [0.717, 1.165) is 16.3 Å². The molecule has 5 nitrogen and oxygen atoms in total. The molecule has 0 fully saturated rings. The first-order chi connectivity index (χ1) is 12.1. The Labute approximate surface area is 145 Å². The van der Waals surface area contributed by atoms with Crippen LogP contribution >= 0.6 is 0 Å². The first-order valence-electron chi connectivity index (χ1n) is 7.66. The highest BCUT2D eigenvalue weighted by molar-refractivity contribution is 7.92. The van der Waals surface area contributed by atoms with Crippen LogP contribution in [0.3, 0.4) is 0 Å². The van der Waals surface area contributed by atoms with Gasteiger partial charge in [0.15, 0.2) is 0 Å². The van der Waals surface area contributed by atoms with Gasteiger partial charge in [0.25, 0.3) is 15.1 Å². The summed E-state index contributed by atoms with van der Waals surface area (Å²) in [5.41, 5.74) is 1.73. The molecule has 1 heterocycles. The van der Waals surface area contributed by atoms with E-state index >= 15 is 0 Å². The number of aromatic nitrogens is 1. The molecule has 1 N–H and O–H groups in total. The Bertz CT molecular complexity index is 1140. The normalized spacial score (nSPS) is 11.5. The van der Waals surface area contributed by atoms with E-state index in [0.29, 0.717) is 11.4 Å². The van der Waals surface area contributed by atoms with Crippen molar-refractivity contribution in [1.82, 2.24) is 5.16 Å². The molecule has 124 valence electrons. The summed E-state index contributed by atoms with van der Waals surface area (Å²) in [6.45, 7) is 0. The van der Waals surface area contributed by atoms with Crippen LogP contribution < -0.4 is 4.72 Å². The van der Waals surface area contributed by atoms with E-state index in [9.17, 15) is 8.42 Å². The highest BCUT2D eigenvalue weighted by atomic mass is 32.2. The third-order valence-corrected chi connectivity index (χ3v) is 5.05. The number of benzene rings is 3. The van der Waals surface area contributed by atoms with Gasteiger partial charge in [0.05, 0.1) is 0 Å². The number of para-hydroxylation sites is 1. The van der Waals surface area contributed by atoms with Gasteiger partial charge in [-0.25, -0.2) is 0 Å². The molecule has 0 radical (unpaired) electrons. The Balaban J connectivity index is 1.67. The molecule has 0 bridgehead atoms. The molecule has 0 unspecified atom stereocenters. The molecule has 0 aliphatic carbocycles. The summed E-state index contributed by atoms with van der Waals surface area (Å²) < 4.78 is 32.4. The Morgan fingerprint density at radius 2 is 1.52 bits per heavy atom. The summed E-state index contributed by atoms with van der Waals surface area (Å²) in [5.74, 6) is 0. The summed E-state index contributed by atoms with van der Waals surface area (Å²) in [6, 6.07) is 23.8. The van der Waals surface area contributed by atoms with E-state index in [1.165, 1.54) is 6.07 Å². The number of nitrogens with zero attached hydrogens (tertiary/aromatic N) is 1. The lowest BCUT2D eigenvalue weighted by Gasteiger charge is -2.03. The molecular formula is C19H14N2O3S. The summed E-state index contributed by atoms with van der Waals surface area (Å²) in [6.07, 6.45) is 0. The maximum Gasteiger partial charge on any atom is 0.298 e. The van der Waals surface area contributed by atoms with E-state index < -0.39 is 10.0 Å². The van der Waals surface area contributed by atoms with Crippen LogP contribution in [0.1, 0.15) is 0 Å². The van der Waals surface area contributed by atoms with Crippen LogP contribution in [-0.2, 0) is 10.0 Å². The van der Waals surface area contributed by atoms with Gasteiger partial charge in [0.1, 0.15) is 5.69 Å². The highest BCUT2D eigenvalue weighted by Crippen LogP contribution is 2.26. The molecule has 25 heavy (non-hydrogen) atoms.